The van der Waals surface area contributed by atoms with Crippen LogP contribution in [-0.2, 0) is 10.2 Å². The lowest BCUT2D eigenvalue weighted by atomic mass is 9.86. The van der Waals surface area contributed by atoms with E-state index in [9.17, 15) is 4.79 Å². The van der Waals surface area contributed by atoms with E-state index in [-0.39, 0.29) is 17.9 Å². The van der Waals surface area contributed by atoms with Crippen molar-refractivity contribution in [3.05, 3.63) is 42.0 Å². The van der Waals surface area contributed by atoms with Crippen LogP contribution in [-0.4, -0.2) is 11.9 Å². The lowest BCUT2D eigenvalue weighted by Crippen LogP contribution is -2.24. The van der Waals surface area contributed by atoms with Gasteiger partial charge in [0.1, 0.15) is 0 Å². The number of anilines is 1. The molecule has 0 aromatic heterocycles. The average molecular weight is 269 g/mol. The van der Waals surface area contributed by atoms with Crippen molar-refractivity contribution in [3.63, 3.8) is 0 Å². The molecule has 0 aliphatic heterocycles. The summed E-state index contributed by atoms with van der Waals surface area (Å²) in [6.45, 7) is 3.73. The average Bonchev–Trinajstić information content (AvgIpc) is 2.86. The zero-order chi connectivity index (χ0) is 14.8. The van der Waals surface area contributed by atoms with Crippen LogP contribution in [0.2, 0.25) is 0 Å². The zero-order valence-corrected chi connectivity index (χ0v) is 11.8. The van der Waals surface area contributed by atoms with Gasteiger partial charge in [-0.3, -0.25) is 4.79 Å². The predicted octanol–water partition coefficient (Wildman–Crippen LogP) is 2.33. The maximum Gasteiger partial charge on any atom is 0.231 e. The molecule has 0 bridgehead atoms. The van der Waals surface area contributed by atoms with Gasteiger partial charge in [0.2, 0.25) is 5.91 Å². The van der Waals surface area contributed by atoms with E-state index in [1.54, 1.807) is 0 Å². The van der Waals surface area contributed by atoms with Gasteiger partial charge in [-0.15, -0.1) is 0 Å². The highest BCUT2D eigenvalue weighted by Gasteiger charge is 2.23. The Bertz CT molecular complexity index is 566. The summed E-state index contributed by atoms with van der Waals surface area (Å²) in [4.78, 5) is 12.0. The Hall–Kier alpha value is -2.12. The number of amides is 1. The maximum absolute atomic E-state index is 12.0. The third-order valence-electron chi connectivity index (χ3n) is 3.61. The largest absolute Gasteiger partial charge is 0.326 e. The van der Waals surface area contributed by atoms with Gasteiger partial charge in [-0.05, 0) is 38.0 Å². The molecule has 1 amide bonds. The minimum Gasteiger partial charge on any atom is -0.326 e. The topological polar surface area (TPSA) is 78.9 Å². The minimum absolute atomic E-state index is 0.0236. The lowest BCUT2D eigenvalue weighted by molar-refractivity contribution is -0.118. The number of nitrogens with one attached hydrogen (secondary N) is 1. The molecule has 20 heavy (non-hydrogen) atoms. The molecule has 2 rings (SSSR count). The standard InChI is InChI=1S/C16H19N3O/c1-16(2,10-17)12-4-7-14(8-5-12)19-15(20)11-3-6-13(18)9-11/h3-8,11,13H,9,18H2,1-2H3,(H,19,20). The monoisotopic (exact) mass is 269 g/mol. The van der Waals surface area contributed by atoms with Crippen LogP contribution >= 0.6 is 0 Å². The number of carbonyl (C=O) groups excluding carboxylic acids is 1. The van der Waals surface area contributed by atoms with Crippen molar-refractivity contribution in [3.8, 4) is 6.07 Å². The van der Waals surface area contributed by atoms with E-state index in [1.165, 1.54) is 0 Å². The fraction of sp³-hybridized carbons (Fsp3) is 0.375. The highest BCUT2D eigenvalue weighted by atomic mass is 16.1. The SMILES string of the molecule is CC(C)(C#N)c1ccc(NC(=O)C2C=CC(N)C2)cc1. The van der Waals surface area contributed by atoms with Crippen LogP contribution in [0, 0.1) is 17.2 Å². The van der Waals surface area contributed by atoms with Crippen molar-refractivity contribution < 1.29 is 4.79 Å². The van der Waals surface area contributed by atoms with Crippen molar-refractivity contribution in [2.24, 2.45) is 11.7 Å². The normalized spacial score (nSPS) is 21.5. The second kappa shape index (κ2) is 5.48. The number of hydrogen-bond donors (Lipinski definition) is 2. The fourth-order valence-corrected chi connectivity index (χ4v) is 2.19. The van der Waals surface area contributed by atoms with E-state index in [4.69, 9.17) is 11.0 Å². The van der Waals surface area contributed by atoms with E-state index in [2.05, 4.69) is 11.4 Å². The summed E-state index contributed by atoms with van der Waals surface area (Å²) in [6, 6.07) is 9.62. The first-order chi connectivity index (χ1) is 9.42. The van der Waals surface area contributed by atoms with Gasteiger partial charge in [0.25, 0.3) is 0 Å². The number of benzene rings is 1. The Morgan fingerprint density at radius 2 is 2.00 bits per heavy atom. The third kappa shape index (κ3) is 3.06. The van der Waals surface area contributed by atoms with Crippen LogP contribution in [0.3, 0.4) is 0 Å². The molecular formula is C16H19N3O. The molecule has 0 radical (unpaired) electrons. The lowest BCUT2D eigenvalue weighted by Gasteiger charge is -2.16. The molecule has 0 saturated heterocycles. The summed E-state index contributed by atoms with van der Waals surface area (Å²) >= 11 is 0. The Kier molecular flexibility index (Phi) is 3.91. The summed E-state index contributed by atoms with van der Waals surface area (Å²) in [5.74, 6) is -0.193. The highest BCUT2D eigenvalue weighted by molar-refractivity contribution is 5.94. The predicted molar refractivity (Wildman–Crippen MR) is 78.9 cm³/mol. The van der Waals surface area contributed by atoms with Gasteiger partial charge in [-0.2, -0.15) is 5.26 Å². The van der Waals surface area contributed by atoms with Crippen molar-refractivity contribution in [2.45, 2.75) is 31.7 Å². The Morgan fingerprint density at radius 1 is 1.35 bits per heavy atom. The molecule has 2 unspecified atom stereocenters. The van der Waals surface area contributed by atoms with Gasteiger partial charge < -0.3 is 11.1 Å². The fourth-order valence-electron chi connectivity index (χ4n) is 2.19. The molecule has 0 heterocycles. The van der Waals surface area contributed by atoms with Crippen molar-refractivity contribution in [1.29, 1.82) is 5.26 Å². The van der Waals surface area contributed by atoms with Gasteiger partial charge in [0, 0.05) is 11.7 Å². The first-order valence-electron chi connectivity index (χ1n) is 6.69. The maximum atomic E-state index is 12.0. The number of rotatable bonds is 3. The Balaban J connectivity index is 2.03. The molecule has 4 nitrogen and oxygen atoms in total. The summed E-state index contributed by atoms with van der Waals surface area (Å²) in [5, 5.41) is 12.0. The summed E-state index contributed by atoms with van der Waals surface area (Å²) < 4.78 is 0. The quantitative estimate of drug-likeness (QED) is 0.826. The van der Waals surface area contributed by atoms with Gasteiger partial charge in [-0.1, -0.05) is 24.3 Å². The molecule has 2 atom stereocenters. The Morgan fingerprint density at radius 3 is 2.50 bits per heavy atom. The molecule has 3 N–H and O–H groups in total. The molecule has 1 aromatic carbocycles. The van der Waals surface area contributed by atoms with E-state index in [1.807, 2.05) is 50.3 Å². The number of hydrogen-bond acceptors (Lipinski definition) is 3. The molecular weight excluding hydrogens is 250 g/mol. The van der Waals surface area contributed by atoms with Crippen molar-refractivity contribution in [2.75, 3.05) is 5.32 Å². The zero-order valence-electron chi connectivity index (χ0n) is 11.8. The molecule has 1 aliphatic rings. The van der Waals surface area contributed by atoms with Crippen LogP contribution in [0.5, 0.6) is 0 Å². The molecule has 1 aliphatic carbocycles. The van der Waals surface area contributed by atoms with Crippen LogP contribution in [0.4, 0.5) is 5.69 Å². The number of nitriles is 1. The van der Waals surface area contributed by atoms with Gasteiger partial charge >= 0.3 is 0 Å². The molecule has 0 spiro atoms. The van der Waals surface area contributed by atoms with Gasteiger partial charge in [0.05, 0.1) is 17.4 Å². The Labute approximate surface area is 119 Å². The van der Waals surface area contributed by atoms with Crippen LogP contribution in [0.25, 0.3) is 0 Å². The first kappa shape index (κ1) is 14.3. The smallest absolute Gasteiger partial charge is 0.231 e. The van der Waals surface area contributed by atoms with Crippen LogP contribution < -0.4 is 11.1 Å². The summed E-state index contributed by atoms with van der Waals surface area (Å²) in [6.07, 6.45) is 4.38. The second-order valence-corrected chi connectivity index (χ2v) is 5.69. The second-order valence-electron chi connectivity index (χ2n) is 5.69. The molecule has 104 valence electrons. The van der Waals surface area contributed by atoms with Crippen molar-refractivity contribution >= 4 is 11.6 Å². The van der Waals surface area contributed by atoms with E-state index >= 15 is 0 Å². The summed E-state index contributed by atoms with van der Waals surface area (Å²) in [7, 11) is 0. The van der Waals surface area contributed by atoms with Crippen LogP contribution in [0.1, 0.15) is 25.8 Å². The van der Waals surface area contributed by atoms with Crippen molar-refractivity contribution in [1.82, 2.24) is 0 Å². The molecule has 1 aromatic rings. The van der Waals surface area contributed by atoms with E-state index in [0.717, 1.165) is 11.3 Å². The summed E-state index contributed by atoms with van der Waals surface area (Å²) in [5.41, 5.74) is 6.89. The van der Waals surface area contributed by atoms with Gasteiger partial charge in [-0.25, -0.2) is 0 Å². The van der Waals surface area contributed by atoms with E-state index in [0.29, 0.717) is 6.42 Å². The number of carbonyl (C=O) groups is 1. The minimum atomic E-state index is -0.524. The van der Waals surface area contributed by atoms with E-state index < -0.39 is 5.41 Å². The number of nitrogens with two attached hydrogens (primary N) is 1. The van der Waals surface area contributed by atoms with Crippen LogP contribution in [0.15, 0.2) is 36.4 Å². The molecule has 0 saturated carbocycles. The third-order valence-corrected chi connectivity index (χ3v) is 3.61. The number of nitrogens with zero attached hydrogens (tertiary/aromatic N) is 1. The first-order valence-corrected chi connectivity index (χ1v) is 6.69. The highest BCUT2D eigenvalue weighted by Crippen LogP contribution is 2.24. The molecule has 0 fully saturated rings. The van der Waals surface area contributed by atoms with Gasteiger partial charge in [0.15, 0.2) is 0 Å². The molecule has 4 heteroatoms.